The highest BCUT2D eigenvalue weighted by molar-refractivity contribution is 6.35. The molecule has 0 radical (unpaired) electrons. The van der Waals surface area contributed by atoms with Crippen LogP contribution in [0.1, 0.15) is 6.42 Å². The summed E-state index contributed by atoms with van der Waals surface area (Å²) < 4.78 is 5.70. The number of rotatable bonds is 6. The van der Waals surface area contributed by atoms with Crippen LogP contribution in [0.2, 0.25) is 5.02 Å². The van der Waals surface area contributed by atoms with Crippen molar-refractivity contribution in [1.29, 1.82) is 0 Å². The zero-order valence-corrected chi connectivity index (χ0v) is 16.2. The van der Waals surface area contributed by atoms with Crippen molar-refractivity contribution in [3.05, 3.63) is 65.8 Å². The Morgan fingerprint density at radius 3 is 2.89 bits per heavy atom. The molecule has 28 heavy (non-hydrogen) atoms. The van der Waals surface area contributed by atoms with Gasteiger partial charge in [0.15, 0.2) is 6.61 Å². The van der Waals surface area contributed by atoms with Gasteiger partial charge in [0.05, 0.1) is 5.02 Å². The Morgan fingerprint density at radius 1 is 1.18 bits per heavy atom. The van der Waals surface area contributed by atoms with E-state index in [0.29, 0.717) is 28.8 Å². The zero-order valence-electron chi connectivity index (χ0n) is 15.5. The number of nitrogens with one attached hydrogen (secondary N) is 1. The van der Waals surface area contributed by atoms with Gasteiger partial charge in [-0.25, -0.2) is 0 Å². The molecule has 1 amide bonds. The van der Waals surface area contributed by atoms with Crippen LogP contribution in [0.5, 0.6) is 5.75 Å². The fourth-order valence-electron chi connectivity index (χ4n) is 3.55. The van der Waals surface area contributed by atoms with E-state index in [-0.39, 0.29) is 12.5 Å². The van der Waals surface area contributed by atoms with Crippen molar-refractivity contribution in [3.8, 4) is 5.75 Å². The number of benzene rings is 2. The Balaban J connectivity index is 1.27. The fraction of sp³-hybridized carbons (Fsp3) is 0.273. The van der Waals surface area contributed by atoms with Gasteiger partial charge in [-0.05, 0) is 48.7 Å². The number of halogens is 1. The molecule has 1 aliphatic rings. The molecule has 2 aromatic carbocycles. The smallest absolute Gasteiger partial charge is 0.257 e. The van der Waals surface area contributed by atoms with Gasteiger partial charge >= 0.3 is 0 Å². The van der Waals surface area contributed by atoms with Crippen LogP contribution in [-0.4, -0.2) is 37.1 Å². The van der Waals surface area contributed by atoms with Crippen LogP contribution in [0, 0.1) is 5.92 Å². The number of hydrogen-bond donors (Lipinski definition) is 1. The molecule has 1 aromatic heterocycles. The normalized spacial score (nSPS) is 16.3. The quantitative estimate of drug-likeness (QED) is 0.687. The molecular formula is C22H22ClN3O2. The fourth-order valence-corrected chi connectivity index (χ4v) is 3.77. The minimum Gasteiger partial charge on any atom is -0.481 e. The number of ether oxygens (including phenoxy) is 1. The first-order chi connectivity index (χ1) is 13.7. The molecule has 0 bridgehead atoms. The van der Waals surface area contributed by atoms with Crippen LogP contribution >= 0.6 is 11.6 Å². The number of carbonyl (C=O) groups excluding carboxylic acids is 1. The Kier molecular flexibility index (Phi) is 5.63. The van der Waals surface area contributed by atoms with E-state index in [1.165, 1.54) is 5.69 Å². The molecule has 0 aliphatic carbocycles. The Bertz CT molecular complexity index is 964. The summed E-state index contributed by atoms with van der Waals surface area (Å²) in [5.74, 6) is 0.880. The van der Waals surface area contributed by atoms with E-state index in [0.717, 1.165) is 24.9 Å². The molecule has 1 aliphatic heterocycles. The molecule has 2 heterocycles. The lowest BCUT2D eigenvalue weighted by Crippen LogP contribution is -2.34. The number of aromatic nitrogens is 1. The largest absolute Gasteiger partial charge is 0.481 e. The van der Waals surface area contributed by atoms with Gasteiger partial charge in [0.25, 0.3) is 5.91 Å². The first-order valence-electron chi connectivity index (χ1n) is 9.43. The monoisotopic (exact) mass is 395 g/mol. The SMILES string of the molecule is O=C(COc1ccc(Cl)c2cccnc12)NCC1CCN(c2ccccc2)C1. The predicted molar refractivity (Wildman–Crippen MR) is 112 cm³/mol. The van der Waals surface area contributed by atoms with E-state index in [1.807, 2.05) is 18.2 Å². The predicted octanol–water partition coefficient (Wildman–Crippen LogP) is 3.91. The average molecular weight is 396 g/mol. The first-order valence-corrected chi connectivity index (χ1v) is 9.81. The summed E-state index contributed by atoms with van der Waals surface area (Å²) in [4.78, 5) is 18.9. The third-order valence-electron chi connectivity index (χ3n) is 5.03. The Labute approximate surface area is 169 Å². The highest BCUT2D eigenvalue weighted by atomic mass is 35.5. The Hall–Kier alpha value is -2.79. The molecule has 4 rings (SSSR count). The summed E-state index contributed by atoms with van der Waals surface area (Å²) in [6.45, 7) is 2.59. The Morgan fingerprint density at radius 2 is 2.04 bits per heavy atom. The van der Waals surface area contributed by atoms with E-state index in [1.54, 1.807) is 18.3 Å². The minimum absolute atomic E-state index is 0.0393. The molecule has 0 saturated carbocycles. The molecule has 1 N–H and O–H groups in total. The minimum atomic E-state index is -0.128. The van der Waals surface area contributed by atoms with E-state index in [9.17, 15) is 4.79 Å². The number of amides is 1. The van der Waals surface area contributed by atoms with Gasteiger partial charge in [-0.3, -0.25) is 9.78 Å². The number of hydrogen-bond acceptors (Lipinski definition) is 4. The number of para-hydroxylation sites is 1. The van der Waals surface area contributed by atoms with Crippen LogP contribution in [0.4, 0.5) is 5.69 Å². The zero-order chi connectivity index (χ0) is 19.3. The van der Waals surface area contributed by atoms with Crippen molar-refractivity contribution in [1.82, 2.24) is 10.3 Å². The van der Waals surface area contributed by atoms with Crippen molar-refractivity contribution in [3.63, 3.8) is 0 Å². The lowest BCUT2D eigenvalue weighted by molar-refractivity contribution is -0.123. The van der Waals surface area contributed by atoms with Crippen molar-refractivity contribution < 1.29 is 9.53 Å². The third-order valence-corrected chi connectivity index (χ3v) is 5.36. The van der Waals surface area contributed by atoms with Crippen LogP contribution in [-0.2, 0) is 4.79 Å². The molecule has 6 heteroatoms. The topological polar surface area (TPSA) is 54.5 Å². The number of carbonyl (C=O) groups is 1. The van der Waals surface area contributed by atoms with Crippen LogP contribution < -0.4 is 15.0 Å². The van der Waals surface area contributed by atoms with Gasteiger partial charge in [0.2, 0.25) is 0 Å². The number of pyridine rings is 1. The highest BCUT2D eigenvalue weighted by Gasteiger charge is 2.23. The summed E-state index contributed by atoms with van der Waals surface area (Å²) in [6, 6.07) is 17.6. The van der Waals surface area contributed by atoms with Crippen molar-refractivity contribution in [2.24, 2.45) is 5.92 Å². The number of nitrogens with zero attached hydrogens (tertiary/aromatic N) is 2. The maximum atomic E-state index is 12.2. The van der Waals surface area contributed by atoms with E-state index < -0.39 is 0 Å². The van der Waals surface area contributed by atoms with Gasteiger partial charge in [0.1, 0.15) is 11.3 Å². The molecule has 1 atom stereocenters. The molecule has 5 nitrogen and oxygen atoms in total. The second-order valence-corrected chi connectivity index (χ2v) is 7.38. The molecule has 144 valence electrons. The summed E-state index contributed by atoms with van der Waals surface area (Å²) in [5, 5.41) is 4.42. The molecule has 0 spiro atoms. The van der Waals surface area contributed by atoms with Gasteiger partial charge in [-0.15, -0.1) is 0 Å². The number of anilines is 1. The van der Waals surface area contributed by atoms with Crippen molar-refractivity contribution >= 4 is 34.1 Å². The third kappa shape index (κ3) is 4.20. The van der Waals surface area contributed by atoms with Gasteiger partial charge in [-0.2, -0.15) is 0 Å². The average Bonchev–Trinajstić information content (AvgIpc) is 3.22. The molecule has 1 unspecified atom stereocenters. The summed E-state index contributed by atoms with van der Waals surface area (Å²) in [6.07, 6.45) is 2.76. The summed E-state index contributed by atoms with van der Waals surface area (Å²) in [5.41, 5.74) is 1.90. The second kappa shape index (κ2) is 8.48. The van der Waals surface area contributed by atoms with Gasteiger partial charge in [0, 0.05) is 36.9 Å². The molecule has 1 fully saturated rings. The molecular weight excluding hydrogens is 374 g/mol. The second-order valence-electron chi connectivity index (χ2n) is 6.97. The summed E-state index contributed by atoms with van der Waals surface area (Å²) >= 11 is 6.19. The van der Waals surface area contributed by atoms with Crippen LogP contribution in [0.3, 0.4) is 0 Å². The van der Waals surface area contributed by atoms with Crippen molar-refractivity contribution in [2.75, 3.05) is 31.1 Å². The highest BCUT2D eigenvalue weighted by Crippen LogP contribution is 2.29. The maximum Gasteiger partial charge on any atom is 0.257 e. The summed E-state index contributed by atoms with van der Waals surface area (Å²) in [7, 11) is 0. The van der Waals surface area contributed by atoms with E-state index >= 15 is 0 Å². The van der Waals surface area contributed by atoms with E-state index in [4.69, 9.17) is 16.3 Å². The number of fused-ring (bicyclic) bond motifs is 1. The lowest BCUT2D eigenvalue weighted by Gasteiger charge is -2.18. The molecule has 3 aromatic rings. The first kappa shape index (κ1) is 18.6. The standard InChI is InChI=1S/C22H22ClN3O2/c23-19-8-9-20(22-18(19)7-4-11-24-22)28-15-21(27)25-13-16-10-12-26(14-16)17-5-2-1-3-6-17/h1-9,11,16H,10,12-15H2,(H,25,27). The van der Waals surface area contributed by atoms with Crippen LogP contribution in [0.15, 0.2) is 60.8 Å². The van der Waals surface area contributed by atoms with E-state index in [2.05, 4.69) is 39.5 Å². The van der Waals surface area contributed by atoms with Crippen LogP contribution in [0.25, 0.3) is 10.9 Å². The maximum absolute atomic E-state index is 12.2. The van der Waals surface area contributed by atoms with Gasteiger partial charge < -0.3 is 15.0 Å². The lowest BCUT2D eigenvalue weighted by atomic mass is 10.1. The van der Waals surface area contributed by atoms with Crippen molar-refractivity contribution in [2.45, 2.75) is 6.42 Å². The molecule has 1 saturated heterocycles. The van der Waals surface area contributed by atoms with Gasteiger partial charge in [-0.1, -0.05) is 29.8 Å².